The minimum absolute atomic E-state index is 0.145. The summed E-state index contributed by atoms with van der Waals surface area (Å²) in [5.74, 6) is 0.970. The first-order valence-electron chi connectivity index (χ1n) is 4.72. The summed E-state index contributed by atoms with van der Waals surface area (Å²) in [7, 11) is 3.93. The van der Waals surface area contributed by atoms with E-state index in [1.54, 1.807) is 7.11 Å². The third kappa shape index (κ3) is 1.55. The van der Waals surface area contributed by atoms with E-state index in [1.165, 1.54) is 14.5 Å². The quantitative estimate of drug-likeness (QED) is 0.762. The van der Waals surface area contributed by atoms with Gasteiger partial charge in [0.2, 0.25) is 0 Å². The molecular formula is C11H14NOTe+. The van der Waals surface area contributed by atoms with Gasteiger partial charge >= 0.3 is 94.2 Å². The zero-order valence-corrected chi connectivity index (χ0v) is 11.0. The molecule has 2 aromatic rings. The van der Waals surface area contributed by atoms with E-state index < -0.39 is 0 Å². The SMILES string of the molecule is CCc1c2cc(OC)ccc2[te][n+]1C. The number of fused-ring (bicyclic) bond motifs is 1. The van der Waals surface area contributed by atoms with Gasteiger partial charge in [-0.1, -0.05) is 0 Å². The number of aryl methyl sites for hydroxylation is 2. The molecule has 0 aliphatic rings. The summed E-state index contributed by atoms with van der Waals surface area (Å²) in [6, 6.07) is 6.45. The predicted octanol–water partition coefficient (Wildman–Crippen LogP) is 1.29. The monoisotopic (exact) mass is 306 g/mol. The van der Waals surface area contributed by atoms with Crippen molar-refractivity contribution in [2.45, 2.75) is 13.3 Å². The van der Waals surface area contributed by atoms with Crippen molar-refractivity contribution in [3.63, 3.8) is 0 Å². The fraction of sp³-hybridized carbons (Fsp3) is 0.364. The Balaban J connectivity index is 2.71. The van der Waals surface area contributed by atoms with Crippen LogP contribution in [0.2, 0.25) is 0 Å². The van der Waals surface area contributed by atoms with Crippen molar-refractivity contribution in [2.24, 2.45) is 7.05 Å². The Morgan fingerprint density at radius 1 is 1.43 bits per heavy atom. The molecule has 0 fully saturated rings. The number of benzene rings is 1. The molecule has 1 aromatic heterocycles. The van der Waals surface area contributed by atoms with Crippen molar-refractivity contribution in [1.82, 2.24) is 0 Å². The molecule has 0 saturated carbocycles. The molecule has 0 amide bonds. The normalized spacial score (nSPS) is 10.8. The van der Waals surface area contributed by atoms with Gasteiger partial charge in [-0.25, -0.2) is 0 Å². The van der Waals surface area contributed by atoms with Gasteiger partial charge in [0.15, 0.2) is 0 Å². The zero-order chi connectivity index (χ0) is 10.1. The van der Waals surface area contributed by atoms with Gasteiger partial charge in [0.25, 0.3) is 0 Å². The van der Waals surface area contributed by atoms with Crippen LogP contribution in [-0.4, -0.2) is 27.8 Å². The van der Waals surface area contributed by atoms with Gasteiger partial charge in [0.1, 0.15) is 0 Å². The van der Waals surface area contributed by atoms with Gasteiger partial charge in [-0.3, -0.25) is 0 Å². The van der Waals surface area contributed by atoms with Crippen LogP contribution in [0.5, 0.6) is 5.75 Å². The van der Waals surface area contributed by atoms with Crippen LogP contribution in [-0.2, 0) is 13.5 Å². The summed E-state index contributed by atoms with van der Waals surface area (Å²) in [5, 5.41) is 1.41. The van der Waals surface area contributed by atoms with Gasteiger partial charge in [-0.15, -0.1) is 0 Å². The third-order valence-corrected chi connectivity index (χ3v) is 5.44. The molecule has 1 aromatic carbocycles. The number of nitrogens with zero attached hydrogens (tertiary/aromatic N) is 1. The van der Waals surface area contributed by atoms with E-state index in [9.17, 15) is 0 Å². The Morgan fingerprint density at radius 2 is 2.21 bits per heavy atom. The Hall–Kier alpha value is -0.520. The van der Waals surface area contributed by atoms with E-state index in [-0.39, 0.29) is 20.7 Å². The van der Waals surface area contributed by atoms with Crippen molar-refractivity contribution in [3.05, 3.63) is 23.9 Å². The number of hydrogen-bond donors (Lipinski definition) is 0. The second kappa shape index (κ2) is 3.92. The summed E-state index contributed by atoms with van der Waals surface area (Å²) in [5.41, 5.74) is 1.47. The van der Waals surface area contributed by atoms with Crippen LogP contribution >= 0.6 is 0 Å². The molecule has 2 rings (SSSR count). The van der Waals surface area contributed by atoms with Crippen molar-refractivity contribution < 1.29 is 7.53 Å². The summed E-state index contributed by atoms with van der Waals surface area (Å²) >= 11 is -0.145. The van der Waals surface area contributed by atoms with Gasteiger partial charge < -0.3 is 0 Å². The van der Waals surface area contributed by atoms with E-state index in [4.69, 9.17) is 4.74 Å². The molecule has 0 bridgehead atoms. The number of methoxy groups -OCH3 is 1. The Morgan fingerprint density at radius 3 is 2.86 bits per heavy atom. The maximum absolute atomic E-state index is 5.25. The number of aromatic nitrogens is 1. The molecule has 14 heavy (non-hydrogen) atoms. The van der Waals surface area contributed by atoms with E-state index >= 15 is 0 Å². The van der Waals surface area contributed by atoms with E-state index in [0.29, 0.717) is 0 Å². The Labute approximate surface area is 94.1 Å². The molecule has 2 nitrogen and oxygen atoms in total. The molecule has 0 atom stereocenters. The molecule has 0 aliphatic carbocycles. The van der Waals surface area contributed by atoms with E-state index in [0.717, 1.165) is 12.2 Å². The van der Waals surface area contributed by atoms with Crippen LogP contribution in [0.4, 0.5) is 0 Å². The third-order valence-electron chi connectivity index (χ3n) is 2.45. The predicted molar refractivity (Wildman–Crippen MR) is 58.0 cm³/mol. The Kier molecular flexibility index (Phi) is 2.80. The molecule has 1 heterocycles. The van der Waals surface area contributed by atoms with Gasteiger partial charge in [0, 0.05) is 0 Å². The Bertz CT molecular complexity index is 462. The maximum atomic E-state index is 5.25. The zero-order valence-electron chi connectivity index (χ0n) is 8.70. The summed E-state index contributed by atoms with van der Waals surface area (Å²) in [4.78, 5) is 0. The minimum atomic E-state index is -0.145. The molecule has 0 spiro atoms. The van der Waals surface area contributed by atoms with Crippen LogP contribution in [0.3, 0.4) is 0 Å². The fourth-order valence-electron chi connectivity index (χ4n) is 1.73. The second-order valence-electron chi connectivity index (χ2n) is 3.25. The molecular weight excluding hydrogens is 290 g/mol. The topological polar surface area (TPSA) is 13.1 Å². The van der Waals surface area contributed by atoms with Crippen molar-refractivity contribution in [2.75, 3.05) is 7.11 Å². The van der Waals surface area contributed by atoms with Crippen LogP contribution in [0.1, 0.15) is 12.6 Å². The molecule has 0 aliphatic heterocycles. The summed E-state index contributed by atoms with van der Waals surface area (Å²) in [6.45, 7) is 2.22. The first-order chi connectivity index (χ1) is 6.76. The fourth-order valence-corrected chi connectivity index (χ4v) is 4.69. The van der Waals surface area contributed by atoms with Gasteiger partial charge in [-0.2, -0.15) is 0 Å². The molecule has 0 radical (unpaired) electrons. The average Bonchev–Trinajstić information content (AvgIpc) is 2.52. The summed E-state index contributed by atoms with van der Waals surface area (Å²) in [6.07, 6.45) is 1.11. The van der Waals surface area contributed by atoms with E-state index in [2.05, 4.69) is 35.0 Å². The van der Waals surface area contributed by atoms with Crippen molar-refractivity contribution in [3.8, 4) is 5.75 Å². The molecule has 0 unspecified atom stereocenters. The first kappa shape index (κ1) is 10.0. The molecule has 0 saturated heterocycles. The molecule has 74 valence electrons. The van der Waals surface area contributed by atoms with Crippen LogP contribution in [0, 0.1) is 0 Å². The van der Waals surface area contributed by atoms with Crippen molar-refractivity contribution in [1.29, 1.82) is 0 Å². The molecule has 3 heteroatoms. The molecule has 0 N–H and O–H groups in total. The number of rotatable bonds is 2. The summed E-state index contributed by atoms with van der Waals surface area (Å²) < 4.78 is 9.23. The number of hydrogen-bond acceptors (Lipinski definition) is 1. The second-order valence-corrected chi connectivity index (χ2v) is 6.59. The van der Waals surface area contributed by atoms with E-state index in [1.807, 2.05) is 0 Å². The van der Waals surface area contributed by atoms with Crippen molar-refractivity contribution >= 4 is 29.5 Å². The van der Waals surface area contributed by atoms with Crippen LogP contribution in [0.15, 0.2) is 18.2 Å². The number of ether oxygens (including phenoxy) is 1. The van der Waals surface area contributed by atoms with Gasteiger partial charge in [0.05, 0.1) is 0 Å². The van der Waals surface area contributed by atoms with Gasteiger partial charge in [-0.05, 0) is 0 Å². The first-order valence-corrected chi connectivity index (χ1v) is 6.93. The van der Waals surface area contributed by atoms with Crippen LogP contribution < -0.4 is 7.53 Å². The average molecular weight is 304 g/mol. The van der Waals surface area contributed by atoms with Crippen LogP contribution in [0.25, 0.3) is 8.79 Å². The standard InChI is InChI=1S/C11H14NOTe/c1-4-10-9-7-8(13-3)5-6-11(9)14-12(10)2/h5-7H,4H2,1-3H3/q+1.